The number of amides is 1. The van der Waals surface area contributed by atoms with Gasteiger partial charge in [-0.05, 0) is 18.4 Å². The zero-order valence-electron chi connectivity index (χ0n) is 7.85. The van der Waals surface area contributed by atoms with Crippen LogP contribution in [0.3, 0.4) is 0 Å². The van der Waals surface area contributed by atoms with Gasteiger partial charge in [0.05, 0.1) is 6.04 Å². The molecule has 0 aliphatic heterocycles. The molecule has 1 amide bonds. The molecule has 4 N–H and O–H groups in total. The fourth-order valence-electron chi connectivity index (χ4n) is 1.11. The zero-order chi connectivity index (χ0) is 9.68. The first-order valence-corrected chi connectivity index (χ1v) is 4.29. The number of halogens is 1. The molecular formula is C10H15ClN2O. The van der Waals surface area contributed by atoms with Crippen LogP contribution in [0.2, 0.25) is 0 Å². The summed E-state index contributed by atoms with van der Waals surface area (Å²) in [6.45, 7) is 0. The van der Waals surface area contributed by atoms with E-state index in [4.69, 9.17) is 11.5 Å². The molecule has 1 aromatic carbocycles. The highest BCUT2D eigenvalue weighted by Crippen LogP contribution is 2.03. The Morgan fingerprint density at radius 3 is 2.36 bits per heavy atom. The van der Waals surface area contributed by atoms with Crippen molar-refractivity contribution in [2.24, 2.45) is 11.5 Å². The highest BCUT2D eigenvalue weighted by Gasteiger charge is 2.08. The lowest BCUT2D eigenvalue weighted by atomic mass is 10.1. The molecule has 0 aliphatic rings. The minimum atomic E-state index is -0.528. The summed E-state index contributed by atoms with van der Waals surface area (Å²) in [4.78, 5) is 10.6. The summed E-state index contributed by atoms with van der Waals surface area (Å²) in [6.07, 6.45) is 1.41. The standard InChI is InChI=1S/C10H14N2O.ClH/c11-9(10(12)13)7-6-8-4-2-1-3-5-8;/h1-5,9H,6-7,11H2,(H2,12,13);1H. The molecule has 0 aliphatic carbocycles. The van der Waals surface area contributed by atoms with Gasteiger partial charge in [0.2, 0.25) is 5.91 Å². The molecule has 0 spiro atoms. The normalized spacial score (nSPS) is 11.5. The van der Waals surface area contributed by atoms with Crippen LogP contribution in [-0.2, 0) is 11.2 Å². The smallest absolute Gasteiger partial charge is 0.234 e. The quantitative estimate of drug-likeness (QED) is 0.781. The molecule has 1 atom stereocenters. The number of nitrogens with two attached hydrogens (primary N) is 2. The van der Waals surface area contributed by atoms with E-state index < -0.39 is 11.9 Å². The maximum Gasteiger partial charge on any atom is 0.234 e. The minimum absolute atomic E-state index is 0. The molecule has 0 saturated carbocycles. The number of primary amides is 1. The largest absolute Gasteiger partial charge is 0.368 e. The summed E-state index contributed by atoms with van der Waals surface area (Å²) in [7, 11) is 0. The van der Waals surface area contributed by atoms with Crippen LogP contribution in [0.15, 0.2) is 30.3 Å². The molecule has 1 unspecified atom stereocenters. The molecule has 78 valence electrons. The van der Waals surface area contributed by atoms with Crippen LogP contribution in [0.5, 0.6) is 0 Å². The molecule has 1 aromatic rings. The van der Waals surface area contributed by atoms with Crippen molar-refractivity contribution in [1.29, 1.82) is 0 Å². The average Bonchev–Trinajstić information content (AvgIpc) is 2.15. The topological polar surface area (TPSA) is 69.1 Å². The van der Waals surface area contributed by atoms with Gasteiger partial charge in [0, 0.05) is 0 Å². The molecule has 3 nitrogen and oxygen atoms in total. The second-order valence-corrected chi connectivity index (χ2v) is 3.03. The summed E-state index contributed by atoms with van der Waals surface area (Å²) in [5, 5.41) is 0. The number of carbonyl (C=O) groups excluding carboxylic acids is 1. The highest BCUT2D eigenvalue weighted by molar-refractivity contribution is 5.85. The fraction of sp³-hybridized carbons (Fsp3) is 0.300. The van der Waals surface area contributed by atoms with Crippen molar-refractivity contribution in [1.82, 2.24) is 0 Å². The van der Waals surface area contributed by atoms with Crippen molar-refractivity contribution in [2.45, 2.75) is 18.9 Å². The maximum atomic E-state index is 10.6. The predicted octanol–water partition coefficient (Wildman–Crippen LogP) is 0.854. The number of aryl methyl sites for hydroxylation is 1. The van der Waals surface area contributed by atoms with Gasteiger partial charge in [-0.3, -0.25) is 4.79 Å². The van der Waals surface area contributed by atoms with Gasteiger partial charge in [-0.2, -0.15) is 0 Å². The second-order valence-electron chi connectivity index (χ2n) is 3.03. The Labute approximate surface area is 89.9 Å². The van der Waals surface area contributed by atoms with E-state index in [1.807, 2.05) is 30.3 Å². The van der Waals surface area contributed by atoms with Gasteiger partial charge < -0.3 is 11.5 Å². The summed E-state index contributed by atoms with van der Waals surface area (Å²) >= 11 is 0. The fourth-order valence-corrected chi connectivity index (χ4v) is 1.11. The molecule has 0 bridgehead atoms. The van der Waals surface area contributed by atoms with E-state index in [0.29, 0.717) is 6.42 Å². The Morgan fingerprint density at radius 2 is 1.86 bits per heavy atom. The third-order valence-corrected chi connectivity index (χ3v) is 1.95. The molecule has 0 radical (unpaired) electrons. The van der Waals surface area contributed by atoms with E-state index in [-0.39, 0.29) is 12.4 Å². The first-order chi connectivity index (χ1) is 6.20. The Bertz CT molecular complexity index is 277. The molecule has 0 fully saturated rings. The molecule has 0 aromatic heterocycles. The number of carbonyl (C=O) groups is 1. The number of rotatable bonds is 4. The van der Waals surface area contributed by atoms with Crippen LogP contribution in [0.4, 0.5) is 0 Å². The molecule has 14 heavy (non-hydrogen) atoms. The third-order valence-electron chi connectivity index (χ3n) is 1.95. The van der Waals surface area contributed by atoms with Gasteiger partial charge in [-0.1, -0.05) is 30.3 Å². The number of benzene rings is 1. The molecule has 0 heterocycles. The Kier molecular flexibility index (Phi) is 5.92. The summed E-state index contributed by atoms with van der Waals surface area (Å²) in [6, 6.07) is 9.37. The molecule has 4 heteroatoms. The van der Waals surface area contributed by atoms with E-state index in [9.17, 15) is 4.79 Å². The maximum absolute atomic E-state index is 10.6. The van der Waals surface area contributed by atoms with Gasteiger partial charge in [-0.25, -0.2) is 0 Å². The van der Waals surface area contributed by atoms with Gasteiger partial charge in [0.15, 0.2) is 0 Å². The summed E-state index contributed by atoms with van der Waals surface area (Å²) < 4.78 is 0. The highest BCUT2D eigenvalue weighted by atomic mass is 35.5. The van der Waals surface area contributed by atoms with E-state index in [1.165, 1.54) is 5.56 Å². The van der Waals surface area contributed by atoms with Crippen LogP contribution in [-0.4, -0.2) is 11.9 Å². The first kappa shape index (κ1) is 12.9. The van der Waals surface area contributed by atoms with Gasteiger partial charge >= 0.3 is 0 Å². The van der Waals surface area contributed by atoms with Crippen molar-refractivity contribution in [3.05, 3.63) is 35.9 Å². The van der Waals surface area contributed by atoms with E-state index in [1.54, 1.807) is 0 Å². The first-order valence-electron chi connectivity index (χ1n) is 4.29. The van der Waals surface area contributed by atoms with Crippen LogP contribution in [0.25, 0.3) is 0 Å². The number of hydrogen-bond acceptors (Lipinski definition) is 2. The second kappa shape index (κ2) is 6.40. The lowest BCUT2D eigenvalue weighted by Gasteiger charge is -2.06. The van der Waals surface area contributed by atoms with Crippen molar-refractivity contribution < 1.29 is 4.79 Å². The third kappa shape index (κ3) is 4.25. The van der Waals surface area contributed by atoms with Gasteiger partial charge in [0.25, 0.3) is 0 Å². The molecular weight excluding hydrogens is 200 g/mol. The predicted molar refractivity (Wildman–Crippen MR) is 59.2 cm³/mol. The Hall–Kier alpha value is -1.06. The van der Waals surface area contributed by atoms with E-state index in [2.05, 4.69) is 0 Å². The van der Waals surface area contributed by atoms with E-state index in [0.717, 1.165) is 6.42 Å². The van der Waals surface area contributed by atoms with Crippen molar-refractivity contribution >= 4 is 18.3 Å². The average molecular weight is 215 g/mol. The van der Waals surface area contributed by atoms with Crippen molar-refractivity contribution in [3.8, 4) is 0 Å². The zero-order valence-corrected chi connectivity index (χ0v) is 8.67. The van der Waals surface area contributed by atoms with Crippen molar-refractivity contribution in [3.63, 3.8) is 0 Å². The van der Waals surface area contributed by atoms with Gasteiger partial charge in [-0.15, -0.1) is 12.4 Å². The van der Waals surface area contributed by atoms with Crippen LogP contribution >= 0.6 is 12.4 Å². The molecule has 1 rings (SSSR count). The monoisotopic (exact) mass is 214 g/mol. The van der Waals surface area contributed by atoms with Crippen LogP contribution in [0.1, 0.15) is 12.0 Å². The van der Waals surface area contributed by atoms with Crippen LogP contribution < -0.4 is 11.5 Å². The number of hydrogen-bond donors (Lipinski definition) is 2. The van der Waals surface area contributed by atoms with Crippen LogP contribution in [0, 0.1) is 0 Å². The Balaban J connectivity index is 0.00000169. The lowest BCUT2D eigenvalue weighted by Crippen LogP contribution is -2.36. The SMILES string of the molecule is Cl.NC(=O)C(N)CCc1ccccc1. The van der Waals surface area contributed by atoms with Gasteiger partial charge in [0.1, 0.15) is 0 Å². The Morgan fingerprint density at radius 1 is 1.29 bits per heavy atom. The molecule has 0 saturated heterocycles. The van der Waals surface area contributed by atoms with E-state index >= 15 is 0 Å². The summed E-state index contributed by atoms with van der Waals surface area (Å²) in [5.41, 5.74) is 11.7. The minimum Gasteiger partial charge on any atom is -0.368 e. The summed E-state index contributed by atoms with van der Waals surface area (Å²) in [5.74, 6) is -0.434. The lowest BCUT2D eigenvalue weighted by molar-refractivity contribution is -0.119. The van der Waals surface area contributed by atoms with Crippen molar-refractivity contribution in [2.75, 3.05) is 0 Å².